The number of non-ortho nitro benzene ring substituents is 3. The van der Waals surface area contributed by atoms with E-state index in [1.165, 1.54) is 96.4 Å². The number of aliphatic hydroxyl groups excluding tert-OH is 1. The molecule has 0 saturated carbocycles. The summed E-state index contributed by atoms with van der Waals surface area (Å²) in [6.45, 7) is 3.40. The third-order valence-electron chi connectivity index (χ3n) is 12.0. The maximum absolute atomic E-state index is 13.9. The molecular weight excluding hydrogens is 893 g/mol. The molecule has 0 radical (unpaired) electrons. The van der Waals surface area contributed by atoms with Crippen LogP contribution in [0.25, 0.3) is 0 Å². The fourth-order valence-corrected chi connectivity index (χ4v) is 9.98. The molecule has 0 aliphatic carbocycles. The van der Waals surface area contributed by atoms with Crippen molar-refractivity contribution in [2.45, 2.75) is 82.9 Å². The summed E-state index contributed by atoms with van der Waals surface area (Å²) in [6, 6.07) is 23.6. The van der Waals surface area contributed by atoms with Crippen molar-refractivity contribution in [3.63, 3.8) is 0 Å². The smallest absolute Gasteiger partial charge is 0.410 e. The Hall–Kier alpha value is -7.39. The van der Waals surface area contributed by atoms with E-state index in [4.69, 9.17) is 14.2 Å². The van der Waals surface area contributed by atoms with Crippen LogP contribution >= 0.6 is 11.8 Å². The number of hydrogen-bond acceptors (Lipinski definition) is 15. The standard InChI is InChI=1S/C46H46N6O14S/c1-27-40-39(28(2)53)43(54)49(40)41(44(55)64-24-31-8-14-34(15-9-31)50(58)59)42(27)67-38-21-37(48(23-38)46(57)66-26-33-12-18-36(19-13-33)52(62)63)20-7-29-3-5-30(6-4-29)22-47-45(56)65-25-32-10-16-35(17-11-32)51(60)61/h3-6,8-19,27-28,37-40,53H,7,20-26H2,1-2H3,(H,47,56)/t27-,28-,37-,38+,39-,40-/m1/s1. The fraction of sp³-hybridized carbons (Fsp3) is 0.348. The number of carbonyl (C=O) groups excluding carboxylic acids is 4. The summed E-state index contributed by atoms with van der Waals surface area (Å²) in [7, 11) is 0. The summed E-state index contributed by atoms with van der Waals surface area (Å²) in [5.41, 5.74) is 3.17. The predicted octanol–water partition coefficient (Wildman–Crippen LogP) is 7.10. The molecule has 0 bridgehead atoms. The molecule has 2 saturated heterocycles. The van der Waals surface area contributed by atoms with Crippen LogP contribution in [-0.2, 0) is 56.6 Å². The lowest BCUT2D eigenvalue weighted by atomic mass is 9.79. The Kier molecular flexibility index (Phi) is 14.8. The van der Waals surface area contributed by atoms with Gasteiger partial charge in [-0.05, 0) is 90.4 Å². The first-order chi connectivity index (χ1) is 32.1. The summed E-state index contributed by atoms with van der Waals surface area (Å²) < 4.78 is 16.7. The lowest BCUT2D eigenvalue weighted by Crippen LogP contribution is -2.63. The van der Waals surface area contributed by atoms with Gasteiger partial charge >= 0.3 is 18.2 Å². The minimum atomic E-state index is -0.974. The number of esters is 1. The molecule has 3 heterocycles. The summed E-state index contributed by atoms with van der Waals surface area (Å²) in [4.78, 5) is 88.7. The second kappa shape index (κ2) is 20.8. The van der Waals surface area contributed by atoms with E-state index in [1.807, 2.05) is 31.2 Å². The fourth-order valence-electron chi connectivity index (χ4n) is 8.42. The highest BCUT2D eigenvalue weighted by Crippen LogP contribution is 2.52. The van der Waals surface area contributed by atoms with E-state index in [2.05, 4.69) is 5.32 Å². The highest BCUT2D eigenvalue weighted by Gasteiger charge is 2.60. The number of amides is 3. The number of carbonyl (C=O) groups is 4. The van der Waals surface area contributed by atoms with Gasteiger partial charge in [-0.1, -0.05) is 31.2 Å². The number of rotatable bonds is 18. The molecule has 2 N–H and O–H groups in total. The number of nitrogens with zero attached hydrogens (tertiary/aromatic N) is 5. The topological polar surface area (TPSA) is 264 Å². The zero-order valence-corrected chi connectivity index (χ0v) is 37.1. The zero-order chi connectivity index (χ0) is 47.9. The minimum absolute atomic E-state index is 0.0643. The second-order valence-electron chi connectivity index (χ2n) is 16.4. The molecule has 350 valence electrons. The summed E-state index contributed by atoms with van der Waals surface area (Å²) in [6.07, 6.45) is -0.674. The number of nitrogens with one attached hydrogen (secondary N) is 1. The number of aryl methyl sites for hydroxylation is 1. The number of β-lactam (4-membered cyclic amide) rings is 1. The Bertz CT molecular complexity index is 2560. The summed E-state index contributed by atoms with van der Waals surface area (Å²) in [5.74, 6) is -2.28. The highest BCUT2D eigenvalue weighted by atomic mass is 32.2. The molecule has 3 amide bonds. The van der Waals surface area contributed by atoms with Crippen molar-refractivity contribution >= 4 is 52.9 Å². The summed E-state index contributed by atoms with van der Waals surface area (Å²) in [5, 5.41) is 46.2. The van der Waals surface area contributed by atoms with Gasteiger partial charge in [0, 0.05) is 71.6 Å². The number of benzene rings is 4. The molecule has 0 spiro atoms. The van der Waals surface area contributed by atoms with Gasteiger partial charge in [-0.3, -0.25) is 35.1 Å². The Morgan fingerprint density at radius 2 is 1.22 bits per heavy atom. The molecule has 4 aromatic rings. The maximum Gasteiger partial charge on any atom is 0.410 e. The molecule has 20 nitrogen and oxygen atoms in total. The Labute approximate surface area is 387 Å². The van der Waals surface area contributed by atoms with Crippen LogP contribution in [0.15, 0.2) is 108 Å². The van der Waals surface area contributed by atoms with Crippen LogP contribution in [0.5, 0.6) is 0 Å². The number of likely N-dealkylation sites (tertiary alicyclic amines) is 1. The Morgan fingerprint density at radius 1 is 0.746 bits per heavy atom. The van der Waals surface area contributed by atoms with Gasteiger partial charge in [0.1, 0.15) is 25.5 Å². The molecule has 0 aromatic heterocycles. The number of ether oxygens (including phenoxy) is 3. The lowest BCUT2D eigenvalue weighted by Gasteiger charge is -2.46. The molecule has 67 heavy (non-hydrogen) atoms. The van der Waals surface area contributed by atoms with E-state index in [9.17, 15) is 54.6 Å². The normalized spacial score (nSPS) is 20.1. The van der Waals surface area contributed by atoms with Crippen LogP contribution in [0.2, 0.25) is 0 Å². The van der Waals surface area contributed by atoms with E-state index in [0.717, 1.165) is 11.1 Å². The predicted molar refractivity (Wildman–Crippen MR) is 240 cm³/mol. The van der Waals surface area contributed by atoms with Crippen molar-refractivity contribution in [2.24, 2.45) is 11.8 Å². The second-order valence-corrected chi connectivity index (χ2v) is 17.8. The SMILES string of the molecule is C[C@@H](O)[C@H]1C(=O)N2C(C(=O)OCc3ccc([N+](=O)[O-])cc3)=C(S[C@H]3C[C@@H](CCc4ccc(CNC(=O)OCc5ccc([N+](=O)[O-])cc5)cc4)N(C(=O)OCc4ccc([N+](=O)[O-])cc4)C3)[C@H](C)[C@H]12. The Morgan fingerprint density at radius 3 is 1.73 bits per heavy atom. The van der Waals surface area contributed by atoms with Crippen LogP contribution in [-0.4, -0.2) is 83.7 Å². The Balaban J connectivity index is 1.02. The summed E-state index contributed by atoms with van der Waals surface area (Å²) >= 11 is 1.37. The third-order valence-corrected chi connectivity index (χ3v) is 13.5. The number of fused-ring (bicyclic) bond motifs is 1. The van der Waals surface area contributed by atoms with Gasteiger partial charge in [0.2, 0.25) is 5.91 Å². The lowest BCUT2D eigenvalue weighted by molar-refractivity contribution is -0.385. The number of nitro benzene ring substituents is 3. The van der Waals surface area contributed by atoms with Crippen molar-refractivity contribution in [3.8, 4) is 0 Å². The van der Waals surface area contributed by atoms with Crippen LogP contribution in [0, 0.1) is 42.2 Å². The molecule has 2 fully saturated rings. The molecule has 7 rings (SSSR count). The van der Waals surface area contributed by atoms with Gasteiger partial charge in [0.05, 0.1) is 32.8 Å². The number of hydrogen-bond donors (Lipinski definition) is 2. The van der Waals surface area contributed by atoms with Crippen molar-refractivity contribution in [1.29, 1.82) is 0 Å². The molecular formula is C46H46N6O14S. The average molecular weight is 939 g/mol. The molecule has 6 atom stereocenters. The van der Waals surface area contributed by atoms with E-state index < -0.39 is 56.9 Å². The van der Waals surface area contributed by atoms with Gasteiger partial charge in [-0.15, -0.1) is 11.8 Å². The maximum atomic E-state index is 13.9. The first-order valence-electron chi connectivity index (χ1n) is 21.3. The van der Waals surface area contributed by atoms with Crippen LogP contribution in [0.3, 0.4) is 0 Å². The molecule has 21 heteroatoms. The average Bonchev–Trinajstić information content (AvgIpc) is 3.83. The molecule has 3 aliphatic rings. The zero-order valence-electron chi connectivity index (χ0n) is 36.3. The van der Waals surface area contributed by atoms with Gasteiger partial charge in [-0.2, -0.15) is 0 Å². The first kappa shape index (κ1) is 47.6. The van der Waals surface area contributed by atoms with Crippen molar-refractivity contribution in [3.05, 3.63) is 166 Å². The van der Waals surface area contributed by atoms with Gasteiger partial charge in [-0.25, -0.2) is 14.4 Å². The largest absolute Gasteiger partial charge is 0.456 e. The third kappa shape index (κ3) is 11.2. The number of nitro groups is 3. The van der Waals surface area contributed by atoms with Gasteiger partial charge < -0.3 is 34.4 Å². The number of alkyl carbamates (subject to hydrolysis) is 1. The van der Waals surface area contributed by atoms with Gasteiger partial charge in [0.15, 0.2) is 0 Å². The van der Waals surface area contributed by atoms with Crippen LogP contribution < -0.4 is 5.32 Å². The van der Waals surface area contributed by atoms with E-state index >= 15 is 0 Å². The highest BCUT2D eigenvalue weighted by molar-refractivity contribution is 8.03. The molecule has 3 aliphatic heterocycles. The van der Waals surface area contributed by atoms with E-state index in [1.54, 1.807) is 4.90 Å². The van der Waals surface area contributed by atoms with E-state index in [-0.39, 0.29) is 72.9 Å². The molecule has 4 aromatic carbocycles. The first-order valence-corrected chi connectivity index (χ1v) is 22.2. The van der Waals surface area contributed by atoms with Crippen LogP contribution in [0.1, 0.15) is 54.5 Å². The van der Waals surface area contributed by atoms with Crippen LogP contribution in [0.4, 0.5) is 26.7 Å². The monoisotopic (exact) mass is 938 g/mol. The number of aliphatic hydroxyl groups is 1. The number of thioether (sulfide) groups is 1. The van der Waals surface area contributed by atoms with Crippen molar-refractivity contribution < 1.29 is 53.3 Å². The molecule has 0 unspecified atom stereocenters. The van der Waals surface area contributed by atoms with E-state index in [0.29, 0.717) is 40.9 Å². The van der Waals surface area contributed by atoms with Crippen molar-refractivity contribution in [2.75, 3.05) is 6.54 Å². The quantitative estimate of drug-likeness (QED) is 0.0331. The van der Waals surface area contributed by atoms with Gasteiger partial charge in [0.25, 0.3) is 17.1 Å². The van der Waals surface area contributed by atoms with Crippen molar-refractivity contribution in [1.82, 2.24) is 15.1 Å². The minimum Gasteiger partial charge on any atom is -0.456 e.